The van der Waals surface area contributed by atoms with Crippen molar-refractivity contribution in [3.8, 4) is 0 Å². The van der Waals surface area contributed by atoms with Gasteiger partial charge in [0.25, 0.3) is 0 Å². The molecule has 0 aliphatic carbocycles. The Kier molecular flexibility index (Phi) is 4.70. The number of halogens is 1. The Bertz CT molecular complexity index is 499. The third-order valence-corrected chi connectivity index (χ3v) is 3.41. The van der Waals surface area contributed by atoms with Gasteiger partial charge in [-0.05, 0) is 45.7 Å². The van der Waals surface area contributed by atoms with Gasteiger partial charge in [0, 0.05) is 13.1 Å². The standard InChI is InChI=1S/C16H23FN2O2/c1-16(2,3)21-15(20)19-10-6-7-12(19)11-18-14-9-5-4-8-13(14)17/h4-5,8-9,12,18H,6-7,10-11H2,1-3H3/t12-/m0/s1. The molecule has 1 aliphatic rings. The van der Waals surface area contributed by atoms with E-state index < -0.39 is 5.60 Å². The van der Waals surface area contributed by atoms with Crippen molar-refractivity contribution in [1.29, 1.82) is 0 Å². The van der Waals surface area contributed by atoms with E-state index in [1.165, 1.54) is 6.07 Å². The Morgan fingerprint density at radius 1 is 1.43 bits per heavy atom. The number of likely N-dealkylation sites (tertiary alicyclic amines) is 1. The van der Waals surface area contributed by atoms with Crippen molar-refractivity contribution < 1.29 is 13.9 Å². The maximum atomic E-state index is 13.6. The minimum absolute atomic E-state index is 0.0412. The largest absolute Gasteiger partial charge is 0.444 e. The van der Waals surface area contributed by atoms with Crippen molar-refractivity contribution >= 4 is 11.8 Å². The summed E-state index contributed by atoms with van der Waals surface area (Å²) >= 11 is 0. The fourth-order valence-electron chi connectivity index (χ4n) is 2.44. The van der Waals surface area contributed by atoms with Crippen LogP contribution in [-0.4, -0.2) is 35.7 Å². The molecule has 1 aromatic rings. The number of benzene rings is 1. The van der Waals surface area contributed by atoms with Crippen molar-refractivity contribution in [2.75, 3.05) is 18.4 Å². The predicted molar refractivity (Wildman–Crippen MR) is 80.9 cm³/mol. The second-order valence-electron chi connectivity index (χ2n) is 6.33. The number of hydrogen-bond donors (Lipinski definition) is 1. The number of anilines is 1. The molecule has 1 N–H and O–H groups in total. The highest BCUT2D eigenvalue weighted by Gasteiger charge is 2.31. The molecule has 1 saturated heterocycles. The molecule has 1 fully saturated rings. The van der Waals surface area contributed by atoms with E-state index in [4.69, 9.17) is 4.74 Å². The average molecular weight is 294 g/mol. The van der Waals surface area contributed by atoms with Crippen LogP contribution in [0.4, 0.5) is 14.9 Å². The van der Waals surface area contributed by atoms with Gasteiger partial charge in [-0.15, -0.1) is 0 Å². The highest BCUT2D eigenvalue weighted by atomic mass is 19.1. The van der Waals surface area contributed by atoms with Crippen LogP contribution in [0, 0.1) is 5.82 Å². The van der Waals surface area contributed by atoms with Crippen LogP contribution in [0.2, 0.25) is 0 Å². The van der Waals surface area contributed by atoms with E-state index in [9.17, 15) is 9.18 Å². The quantitative estimate of drug-likeness (QED) is 0.925. The first-order chi connectivity index (χ1) is 9.87. The van der Waals surface area contributed by atoms with Gasteiger partial charge in [0.2, 0.25) is 0 Å². The van der Waals surface area contributed by atoms with E-state index in [2.05, 4.69) is 5.32 Å². The monoisotopic (exact) mass is 294 g/mol. The van der Waals surface area contributed by atoms with Crippen LogP contribution in [0.3, 0.4) is 0 Å². The fraction of sp³-hybridized carbons (Fsp3) is 0.562. The summed E-state index contributed by atoms with van der Waals surface area (Å²) in [4.78, 5) is 13.9. The first kappa shape index (κ1) is 15.6. The zero-order chi connectivity index (χ0) is 15.5. The Balaban J connectivity index is 1.93. The van der Waals surface area contributed by atoms with Crippen LogP contribution in [0.5, 0.6) is 0 Å². The molecule has 1 heterocycles. The second kappa shape index (κ2) is 6.33. The molecule has 21 heavy (non-hydrogen) atoms. The molecule has 0 radical (unpaired) electrons. The minimum atomic E-state index is -0.497. The van der Waals surface area contributed by atoms with Crippen LogP contribution in [0.25, 0.3) is 0 Å². The average Bonchev–Trinajstić information content (AvgIpc) is 2.84. The molecule has 0 bridgehead atoms. The van der Waals surface area contributed by atoms with Crippen molar-refractivity contribution in [1.82, 2.24) is 4.90 Å². The van der Waals surface area contributed by atoms with Crippen molar-refractivity contribution in [2.24, 2.45) is 0 Å². The van der Waals surface area contributed by atoms with Gasteiger partial charge in [-0.3, -0.25) is 0 Å². The van der Waals surface area contributed by atoms with Gasteiger partial charge in [0.1, 0.15) is 11.4 Å². The molecular formula is C16H23FN2O2. The molecule has 0 unspecified atom stereocenters. The molecule has 1 aliphatic heterocycles. The summed E-state index contributed by atoms with van der Waals surface area (Å²) in [6.07, 6.45) is 1.56. The van der Waals surface area contributed by atoms with Crippen LogP contribution in [-0.2, 0) is 4.74 Å². The maximum absolute atomic E-state index is 13.6. The van der Waals surface area contributed by atoms with E-state index in [1.54, 1.807) is 23.1 Å². The number of hydrogen-bond acceptors (Lipinski definition) is 3. The number of ether oxygens (including phenoxy) is 1. The molecule has 116 valence electrons. The van der Waals surface area contributed by atoms with E-state index in [-0.39, 0.29) is 18.0 Å². The lowest BCUT2D eigenvalue weighted by Crippen LogP contribution is -2.42. The van der Waals surface area contributed by atoms with E-state index in [0.29, 0.717) is 18.8 Å². The lowest BCUT2D eigenvalue weighted by Gasteiger charge is -2.29. The molecule has 1 amide bonds. The molecule has 4 nitrogen and oxygen atoms in total. The number of nitrogens with one attached hydrogen (secondary N) is 1. The Morgan fingerprint density at radius 3 is 2.81 bits per heavy atom. The van der Waals surface area contributed by atoms with Gasteiger partial charge >= 0.3 is 6.09 Å². The molecule has 0 spiro atoms. The van der Waals surface area contributed by atoms with Gasteiger partial charge in [0.05, 0.1) is 11.7 Å². The third-order valence-electron chi connectivity index (χ3n) is 3.41. The maximum Gasteiger partial charge on any atom is 0.410 e. The van der Waals surface area contributed by atoms with Gasteiger partial charge in [-0.25, -0.2) is 9.18 Å². The van der Waals surface area contributed by atoms with Gasteiger partial charge in [0.15, 0.2) is 0 Å². The SMILES string of the molecule is CC(C)(C)OC(=O)N1CCC[C@H]1CNc1ccccc1F. The fourth-order valence-corrected chi connectivity index (χ4v) is 2.44. The van der Waals surface area contributed by atoms with Gasteiger partial charge in [-0.1, -0.05) is 12.1 Å². The predicted octanol–water partition coefficient (Wildman–Crippen LogP) is 3.64. The van der Waals surface area contributed by atoms with E-state index in [1.807, 2.05) is 20.8 Å². The van der Waals surface area contributed by atoms with Crippen molar-refractivity contribution in [2.45, 2.75) is 45.3 Å². The number of carbonyl (C=O) groups excluding carboxylic acids is 1. The normalized spacial score (nSPS) is 18.7. The van der Waals surface area contributed by atoms with Crippen LogP contribution >= 0.6 is 0 Å². The zero-order valence-corrected chi connectivity index (χ0v) is 12.9. The molecular weight excluding hydrogens is 271 g/mol. The van der Waals surface area contributed by atoms with E-state index >= 15 is 0 Å². The van der Waals surface area contributed by atoms with Gasteiger partial charge < -0.3 is 15.0 Å². The van der Waals surface area contributed by atoms with Crippen molar-refractivity contribution in [3.05, 3.63) is 30.1 Å². The first-order valence-corrected chi connectivity index (χ1v) is 7.35. The molecule has 1 aromatic carbocycles. The molecule has 0 saturated carbocycles. The number of rotatable bonds is 3. The smallest absolute Gasteiger partial charge is 0.410 e. The van der Waals surface area contributed by atoms with Crippen LogP contribution < -0.4 is 5.32 Å². The zero-order valence-electron chi connectivity index (χ0n) is 12.9. The number of amides is 1. The summed E-state index contributed by atoms with van der Waals surface area (Å²) in [5.41, 5.74) is -0.0306. The summed E-state index contributed by atoms with van der Waals surface area (Å²) in [5.74, 6) is -0.278. The summed E-state index contributed by atoms with van der Waals surface area (Å²) < 4.78 is 19.0. The van der Waals surface area contributed by atoms with Gasteiger partial charge in [-0.2, -0.15) is 0 Å². The van der Waals surface area contributed by atoms with Crippen molar-refractivity contribution in [3.63, 3.8) is 0 Å². The summed E-state index contributed by atoms with van der Waals surface area (Å²) in [7, 11) is 0. The highest BCUT2D eigenvalue weighted by Crippen LogP contribution is 2.22. The minimum Gasteiger partial charge on any atom is -0.444 e. The highest BCUT2D eigenvalue weighted by molar-refractivity contribution is 5.69. The van der Waals surface area contributed by atoms with E-state index in [0.717, 1.165) is 12.8 Å². The third kappa shape index (κ3) is 4.34. The summed E-state index contributed by atoms with van der Waals surface area (Å²) in [6, 6.07) is 6.60. The van der Waals surface area contributed by atoms with Crippen LogP contribution in [0.15, 0.2) is 24.3 Å². The molecule has 0 aromatic heterocycles. The van der Waals surface area contributed by atoms with Crippen LogP contribution in [0.1, 0.15) is 33.6 Å². The Hall–Kier alpha value is -1.78. The Labute approximate surface area is 125 Å². The molecule has 2 rings (SSSR count). The lowest BCUT2D eigenvalue weighted by atomic mass is 10.2. The number of para-hydroxylation sites is 1. The Morgan fingerprint density at radius 2 is 2.14 bits per heavy atom. The summed E-state index contributed by atoms with van der Waals surface area (Å²) in [5, 5.41) is 3.08. The number of nitrogens with zero attached hydrogens (tertiary/aromatic N) is 1. The number of carbonyl (C=O) groups is 1. The first-order valence-electron chi connectivity index (χ1n) is 7.35. The molecule has 5 heteroatoms. The second-order valence-corrected chi connectivity index (χ2v) is 6.33. The lowest BCUT2D eigenvalue weighted by molar-refractivity contribution is 0.0235. The molecule has 1 atom stereocenters. The summed E-state index contributed by atoms with van der Waals surface area (Å²) in [6.45, 7) is 6.79. The topological polar surface area (TPSA) is 41.6 Å².